The maximum atomic E-state index is 13.2. The van der Waals surface area contributed by atoms with Gasteiger partial charge in [0.1, 0.15) is 17.6 Å². The van der Waals surface area contributed by atoms with Gasteiger partial charge in [-0.2, -0.15) is 0 Å². The van der Waals surface area contributed by atoms with E-state index in [0.717, 1.165) is 18.2 Å². The smallest absolute Gasteiger partial charge is 0.268 e. The Kier molecular flexibility index (Phi) is 4.13. The number of hydrogen-bond acceptors (Lipinski definition) is 3. The summed E-state index contributed by atoms with van der Waals surface area (Å²) in [6.45, 7) is 0. The minimum Gasteiger partial charge on any atom is -0.388 e. The van der Waals surface area contributed by atoms with Crippen LogP contribution in [0.3, 0.4) is 0 Å². The highest BCUT2D eigenvalue weighted by molar-refractivity contribution is 5.98. The number of fused-ring (bicyclic) bond motifs is 1. The zero-order valence-corrected chi connectivity index (χ0v) is 12.3. The van der Waals surface area contributed by atoms with Gasteiger partial charge in [0.15, 0.2) is 0 Å². The number of aliphatic hydroxyl groups is 1. The molecule has 118 valence electrons. The minimum absolute atomic E-state index is 0.254. The molecule has 5 nitrogen and oxygen atoms in total. The van der Waals surface area contributed by atoms with Gasteiger partial charge < -0.3 is 20.1 Å². The number of aromatic nitrogens is 1. The number of halogens is 1. The van der Waals surface area contributed by atoms with E-state index in [0.29, 0.717) is 17.6 Å². The molecular weight excluding hydrogens is 287 g/mol. The molecule has 1 aliphatic rings. The number of aliphatic hydroxyl groups excluding tert-OH is 1. The first kappa shape index (κ1) is 15.0. The van der Waals surface area contributed by atoms with Gasteiger partial charge in [-0.15, -0.1) is 0 Å². The lowest BCUT2D eigenvalue weighted by molar-refractivity contribution is -0.0513. The van der Waals surface area contributed by atoms with Gasteiger partial charge in [0.25, 0.3) is 5.91 Å². The molecule has 1 heterocycles. The summed E-state index contributed by atoms with van der Waals surface area (Å²) in [5, 5.41) is 13.8. The SMILES string of the molecule is CO[C@@H]1CCC[C@@H](NC(=O)c2cc3ccc(F)cc3[nH]2)[C@H]1O. The monoisotopic (exact) mass is 306 g/mol. The van der Waals surface area contributed by atoms with Crippen LogP contribution in [0.4, 0.5) is 4.39 Å². The molecule has 1 saturated carbocycles. The molecule has 2 aromatic rings. The number of hydrogen-bond donors (Lipinski definition) is 3. The fourth-order valence-electron chi connectivity index (χ4n) is 3.02. The van der Waals surface area contributed by atoms with E-state index in [9.17, 15) is 14.3 Å². The average Bonchev–Trinajstić information content (AvgIpc) is 2.92. The number of carbonyl (C=O) groups excluding carboxylic acids is 1. The zero-order valence-electron chi connectivity index (χ0n) is 12.3. The molecule has 1 aromatic heterocycles. The Hall–Kier alpha value is -1.92. The van der Waals surface area contributed by atoms with E-state index in [2.05, 4.69) is 10.3 Å². The van der Waals surface area contributed by atoms with Crippen LogP contribution in [-0.4, -0.2) is 41.4 Å². The average molecular weight is 306 g/mol. The molecule has 0 radical (unpaired) electrons. The Morgan fingerprint density at radius 3 is 3.00 bits per heavy atom. The van der Waals surface area contributed by atoms with Gasteiger partial charge in [0, 0.05) is 18.0 Å². The summed E-state index contributed by atoms with van der Waals surface area (Å²) in [4.78, 5) is 15.2. The number of carbonyl (C=O) groups is 1. The second kappa shape index (κ2) is 6.06. The Labute approximate surface area is 127 Å². The lowest BCUT2D eigenvalue weighted by Crippen LogP contribution is -2.51. The number of nitrogens with one attached hydrogen (secondary N) is 2. The summed E-state index contributed by atoms with van der Waals surface area (Å²) in [7, 11) is 1.56. The van der Waals surface area contributed by atoms with Gasteiger partial charge >= 0.3 is 0 Å². The second-order valence-electron chi connectivity index (χ2n) is 5.69. The topological polar surface area (TPSA) is 74.3 Å². The number of benzene rings is 1. The molecule has 3 N–H and O–H groups in total. The van der Waals surface area contributed by atoms with Crippen LogP contribution in [0.5, 0.6) is 0 Å². The first-order valence-corrected chi connectivity index (χ1v) is 7.38. The highest BCUT2D eigenvalue weighted by Crippen LogP contribution is 2.22. The predicted octanol–water partition coefficient (Wildman–Crippen LogP) is 1.97. The van der Waals surface area contributed by atoms with E-state index >= 15 is 0 Å². The van der Waals surface area contributed by atoms with E-state index < -0.39 is 6.10 Å². The second-order valence-corrected chi connectivity index (χ2v) is 5.69. The van der Waals surface area contributed by atoms with Gasteiger partial charge in [0.05, 0.1) is 12.1 Å². The standard InChI is InChI=1S/C16H19FN2O3/c1-22-14-4-2-3-11(15(14)20)19-16(21)13-7-9-5-6-10(17)8-12(9)18-13/h5-8,11,14-15,18,20H,2-4H2,1H3,(H,19,21)/t11-,14-,15-/m1/s1. The molecule has 0 spiro atoms. The summed E-state index contributed by atoms with van der Waals surface area (Å²) in [6, 6.07) is 5.66. The summed E-state index contributed by atoms with van der Waals surface area (Å²) < 4.78 is 18.4. The molecule has 6 heteroatoms. The molecule has 22 heavy (non-hydrogen) atoms. The Morgan fingerprint density at radius 1 is 1.41 bits per heavy atom. The molecular formula is C16H19FN2O3. The van der Waals surface area contributed by atoms with E-state index in [1.807, 2.05) is 0 Å². The molecule has 0 aliphatic heterocycles. The van der Waals surface area contributed by atoms with Gasteiger partial charge in [-0.3, -0.25) is 4.79 Å². The van der Waals surface area contributed by atoms with Crippen LogP contribution in [0.15, 0.2) is 24.3 Å². The maximum absolute atomic E-state index is 13.2. The van der Waals surface area contributed by atoms with E-state index in [4.69, 9.17) is 4.74 Å². The number of methoxy groups -OCH3 is 1. The van der Waals surface area contributed by atoms with Crippen molar-refractivity contribution < 1.29 is 19.0 Å². The molecule has 1 aliphatic carbocycles. The van der Waals surface area contributed by atoms with E-state index in [1.54, 1.807) is 19.2 Å². The summed E-state index contributed by atoms with van der Waals surface area (Å²) in [5.74, 6) is -0.663. The number of ether oxygens (including phenoxy) is 1. The third kappa shape index (κ3) is 2.84. The van der Waals surface area contributed by atoms with Crippen molar-refractivity contribution >= 4 is 16.8 Å². The summed E-state index contributed by atoms with van der Waals surface area (Å²) in [5.41, 5.74) is 0.927. The van der Waals surface area contributed by atoms with Crippen molar-refractivity contribution in [3.63, 3.8) is 0 Å². The first-order chi connectivity index (χ1) is 10.6. The van der Waals surface area contributed by atoms with Gasteiger partial charge in [-0.1, -0.05) is 0 Å². The highest BCUT2D eigenvalue weighted by atomic mass is 19.1. The van der Waals surface area contributed by atoms with Crippen molar-refractivity contribution in [1.82, 2.24) is 10.3 Å². The van der Waals surface area contributed by atoms with Gasteiger partial charge in [-0.25, -0.2) is 4.39 Å². The van der Waals surface area contributed by atoms with E-state index in [1.165, 1.54) is 12.1 Å². The molecule has 1 aromatic carbocycles. The largest absolute Gasteiger partial charge is 0.388 e. The Bertz CT molecular complexity index is 685. The van der Waals surface area contributed by atoms with Crippen molar-refractivity contribution in [2.24, 2.45) is 0 Å². The normalized spacial score (nSPS) is 25.3. The van der Waals surface area contributed by atoms with Crippen LogP contribution in [-0.2, 0) is 4.74 Å². The van der Waals surface area contributed by atoms with Crippen molar-refractivity contribution in [3.8, 4) is 0 Å². The Morgan fingerprint density at radius 2 is 2.23 bits per heavy atom. The summed E-state index contributed by atoms with van der Waals surface area (Å²) in [6.07, 6.45) is 1.41. The number of rotatable bonds is 3. The van der Waals surface area contributed by atoms with Crippen LogP contribution < -0.4 is 5.32 Å². The van der Waals surface area contributed by atoms with Crippen molar-refractivity contribution in [1.29, 1.82) is 0 Å². The number of aromatic amines is 1. The lowest BCUT2D eigenvalue weighted by atomic mass is 9.90. The van der Waals surface area contributed by atoms with Crippen LogP contribution in [0, 0.1) is 5.82 Å². The van der Waals surface area contributed by atoms with Crippen LogP contribution >= 0.6 is 0 Å². The zero-order chi connectivity index (χ0) is 15.7. The van der Waals surface area contributed by atoms with Crippen molar-refractivity contribution in [3.05, 3.63) is 35.8 Å². The van der Waals surface area contributed by atoms with Crippen molar-refractivity contribution in [2.45, 2.75) is 37.5 Å². The highest BCUT2D eigenvalue weighted by Gasteiger charge is 2.33. The lowest BCUT2D eigenvalue weighted by Gasteiger charge is -2.34. The fourth-order valence-corrected chi connectivity index (χ4v) is 3.02. The number of H-pyrrole nitrogens is 1. The van der Waals surface area contributed by atoms with Gasteiger partial charge in [0.2, 0.25) is 0 Å². The molecule has 1 fully saturated rings. The molecule has 0 unspecified atom stereocenters. The molecule has 0 bridgehead atoms. The predicted molar refractivity (Wildman–Crippen MR) is 80.2 cm³/mol. The molecule has 1 amide bonds. The molecule has 3 rings (SSSR count). The summed E-state index contributed by atoms with van der Waals surface area (Å²) >= 11 is 0. The third-order valence-electron chi connectivity index (χ3n) is 4.25. The first-order valence-electron chi connectivity index (χ1n) is 7.38. The molecule has 0 saturated heterocycles. The fraction of sp³-hybridized carbons (Fsp3) is 0.438. The van der Waals surface area contributed by atoms with Crippen LogP contribution in [0.1, 0.15) is 29.8 Å². The molecule has 3 atom stereocenters. The maximum Gasteiger partial charge on any atom is 0.268 e. The quantitative estimate of drug-likeness (QED) is 0.811. The Balaban J connectivity index is 1.75. The van der Waals surface area contributed by atoms with Crippen molar-refractivity contribution in [2.75, 3.05) is 7.11 Å². The minimum atomic E-state index is -0.718. The van der Waals surface area contributed by atoms with Crippen LogP contribution in [0.2, 0.25) is 0 Å². The van der Waals surface area contributed by atoms with Gasteiger partial charge in [-0.05, 0) is 43.5 Å². The van der Waals surface area contributed by atoms with Crippen LogP contribution in [0.25, 0.3) is 10.9 Å². The third-order valence-corrected chi connectivity index (χ3v) is 4.25. The number of amides is 1. The van der Waals surface area contributed by atoms with E-state index in [-0.39, 0.29) is 23.9 Å².